The van der Waals surface area contributed by atoms with Gasteiger partial charge in [-0.2, -0.15) is 0 Å². The Morgan fingerprint density at radius 2 is 1.89 bits per heavy atom. The lowest BCUT2D eigenvalue weighted by atomic mass is 10.2. The van der Waals surface area contributed by atoms with Crippen molar-refractivity contribution in [1.82, 2.24) is 5.32 Å². The Balaban J connectivity index is 1.89. The Morgan fingerprint density at radius 1 is 1.11 bits per heavy atom. The van der Waals surface area contributed by atoms with Crippen molar-refractivity contribution in [2.75, 3.05) is 32.9 Å². The number of hydrogen-bond acceptors (Lipinski definition) is 3. The standard InChI is InChI=1S/C15H24ClNO2/c1-2-3-9-18-10-7-17-8-11-19-13-14-5-4-6-15(16)12-14/h4-6,12,17H,2-3,7-11,13H2,1H3. The van der Waals surface area contributed by atoms with Gasteiger partial charge in [-0.15, -0.1) is 0 Å². The van der Waals surface area contributed by atoms with Crippen molar-refractivity contribution in [2.24, 2.45) is 0 Å². The fourth-order valence-corrected chi connectivity index (χ4v) is 1.79. The molecule has 0 bridgehead atoms. The molecule has 0 saturated heterocycles. The van der Waals surface area contributed by atoms with Crippen molar-refractivity contribution in [3.8, 4) is 0 Å². The maximum atomic E-state index is 5.90. The summed E-state index contributed by atoms with van der Waals surface area (Å²) in [5.74, 6) is 0. The van der Waals surface area contributed by atoms with Crippen LogP contribution in [0, 0.1) is 0 Å². The average Bonchev–Trinajstić information content (AvgIpc) is 2.41. The second-order valence-electron chi connectivity index (χ2n) is 4.40. The molecule has 4 heteroatoms. The van der Waals surface area contributed by atoms with Crippen LogP contribution in [0.2, 0.25) is 5.02 Å². The normalized spacial score (nSPS) is 10.8. The minimum absolute atomic E-state index is 0.606. The molecule has 0 amide bonds. The summed E-state index contributed by atoms with van der Waals surface area (Å²) in [7, 11) is 0. The van der Waals surface area contributed by atoms with Gasteiger partial charge in [-0.3, -0.25) is 0 Å². The minimum Gasteiger partial charge on any atom is -0.380 e. The quantitative estimate of drug-likeness (QED) is 0.633. The predicted octanol–water partition coefficient (Wildman–Crippen LogP) is 3.26. The zero-order valence-corrected chi connectivity index (χ0v) is 12.4. The first-order chi connectivity index (χ1) is 9.33. The minimum atomic E-state index is 0.606. The van der Waals surface area contributed by atoms with E-state index in [1.165, 1.54) is 6.42 Å². The Kier molecular flexibility index (Phi) is 9.72. The van der Waals surface area contributed by atoms with Crippen molar-refractivity contribution in [1.29, 1.82) is 0 Å². The summed E-state index contributed by atoms with van der Waals surface area (Å²) in [5.41, 5.74) is 1.11. The van der Waals surface area contributed by atoms with Crippen LogP contribution in [0.1, 0.15) is 25.3 Å². The molecular formula is C15H24ClNO2. The number of rotatable bonds is 11. The molecule has 0 aliphatic heterocycles. The van der Waals surface area contributed by atoms with Crippen LogP contribution >= 0.6 is 11.6 Å². The van der Waals surface area contributed by atoms with Gasteiger partial charge in [0.05, 0.1) is 19.8 Å². The molecule has 0 atom stereocenters. The Morgan fingerprint density at radius 3 is 2.63 bits per heavy atom. The van der Waals surface area contributed by atoms with Gasteiger partial charge < -0.3 is 14.8 Å². The zero-order valence-electron chi connectivity index (χ0n) is 11.7. The van der Waals surface area contributed by atoms with Crippen molar-refractivity contribution in [2.45, 2.75) is 26.4 Å². The van der Waals surface area contributed by atoms with E-state index in [4.69, 9.17) is 21.1 Å². The van der Waals surface area contributed by atoms with Crippen molar-refractivity contribution in [3.05, 3.63) is 34.9 Å². The van der Waals surface area contributed by atoms with Crippen molar-refractivity contribution in [3.63, 3.8) is 0 Å². The molecule has 0 spiro atoms. The van der Waals surface area contributed by atoms with E-state index in [9.17, 15) is 0 Å². The Hall–Kier alpha value is -0.610. The fourth-order valence-electron chi connectivity index (χ4n) is 1.58. The molecule has 0 fully saturated rings. The Bertz CT molecular complexity index is 334. The monoisotopic (exact) mass is 285 g/mol. The summed E-state index contributed by atoms with van der Waals surface area (Å²) in [5, 5.41) is 4.04. The Labute approximate surface area is 121 Å². The third kappa shape index (κ3) is 9.00. The van der Waals surface area contributed by atoms with Crippen LogP contribution in [-0.2, 0) is 16.1 Å². The number of ether oxygens (including phenoxy) is 2. The van der Waals surface area contributed by atoms with Gasteiger partial charge in [-0.1, -0.05) is 37.1 Å². The summed E-state index contributed by atoms with van der Waals surface area (Å²) < 4.78 is 11.0. The van der Waals surface area contributed by atoms with E-state index in [1.54, 1.807) is 0 Å². The van der Waals surface area contributed by atoms with Gasteiger partial charge in [0.2, 0.25) is 0 Å². The van der Waals surface area contributed by atoms with E-state index in [0.29, 0.717) is 13.2 Å². The van der Waals surface area contributed by atoms with Gasteiger partial charge in [-0.05, 0) is 24.1 Å². The first-order valence-electron chi connectivity index (χ1n) is 6.93. The van der Waals surface area contributed by atoms with Crippen molar-refractivity contribution < 1.29 is 9.47 Å². The highest BCUT2D eigenvalue weighted by atomic mass is 35.5. The van der Waals surface area contributed by atoms with Gasteiger partial charge in [-0.25, -0.2) is 0 Å². The number of nitrogens with one attached hydrogen (secondary N) is 1. The molecule has 1 aromatic rings. The van der Waals surface area contributed by atoms with E-state index in [1.807, 2.05) is 24.3 Å². The molecule has 3 nitrogen and oxygen atoms in total. The van der Waals surface area contributed by atoms with Crippen LogP contribution < -0.4 is 5.32 Å². The van der Waals surface area contributed by atoms with Gasteiger partial charge in [0, 0.05) is 24.7 Å². The van der Waals surface area contributed by atoms with E-state index in [-0.39, 0.29) is 0 Å². The highest BCUT2D eigenvalue weighted by Gasteiger charge is 1.95. The number of unbranched alkanes of at least 4 members (excludes halogenated alkanes) is 1. The molecule has 1 rings (SSSR count). The van der Waals surface area contributed by atoms with E-state index < -0.39 is 0 Å². The molecule has 0 aliphatic rings. The third-order valence-corrected chi connectivity index (χ3v) is 2.88. The summed E-state index contributed by atoms with van der Waals surface area (Å²) in [6, 6.07) is 7.75. The fraction of sp³-hybridized carbons (Fsp3) is 0.600. The molecule has 0 aromatic heterocycles. The van der Waals surface area contributed by atoms with Crippen LogP contribution in [0.3, 0.4) is 0 Å². The SMILES string of the molecule is CCCCOCCNCCOCc1cccc(Cl)c1. The van der Waals surface area contributed by atoms with Gasteiger partial charge in [0.25, 0.3) is 0 Å². The lowest BCUT2D eigenvalue weighted by molar-refractivity contribution is 0.112. The van der Waals surface area contributed by atoms with Crippen LogP contribution in [0.4, 0.5) is 0 Å². The number of hydrogen-bond donors (Lipinski definition) is 1. The van der Waals surface area contributed by atoms with E-state index in [2.05, 4.69) is 12.2 Å². The van der Waals surface area contributed by atoms with E-state index >= 15 is 0 Å². The van der Waals surface area contributed by atoms with E-state index in [0.717, 1.165) is 43.3 Å². The van der Waals surface area contributed by atoms with Crippen LogP contribution in [0.25, 0.3) is 0 Å². The molecule has 19 heavy (non-hydrogen) atoms. The smallest absolute Gasteiger partial charge is 0.0718 e. The molecule has 0 unspecified atom stereocenters. The van der Waals surface area contributed by atoms with Crippen LogP contribution in [0.15, 0.2) is 24.3 Å². The first kappa shape index (κ1) is 16.4. The lowest BCUT2D eigenvalue weighted by Gasteiger charge is -2.07. The summed E-state index contributed by atoms with van der Waals surface area (Å²) >= 11 is 5.90. The average molecular weight is 286 g/mol. The molecule has 0 heterocycles. The van der Waals surface area contributed by atoms with Gasteiger partial charge in [0.15, 0.2) is 0 Å². The first-order valence-corrected chi connectivity index (χ1v) is 7.31. The molecule has 0 aliphatic carbocycles. The third-order valence-electron chi connectivity index (χ3n) is 2.65. The second kappa shape index (κ2) is 11.2. The molecule has 0 saturated carbocycles. The molecule has 1 N–H and O–H groups in total. The van der Waals surface area contributed by atoms with Crippen LogP contribution in [0.5, 0.6) is 0 Å². The predicted molar refractivity (Wildman–Crippen MR) is 79.7 cm³/mol. The lowest BCUT2D eigenvalue weighted by Crippen LogP contribution is -2.24. The number of benzene rings is 1. The second-order valence-corrected chi connectivity index (χ2v) is 4.83. The largest absolute Gasteiger partial charge is 0.380 e. The summed E-state index contributed by atoms with van der Waals surface area (Å²) in [6.45, 7) is 6.83. The maximum Gasteiger partial charge on any atom is 0.0718 e. The maximum absolute atomic E-state index is 5.90. The summed E-state index contributed by atoms with van der Waals surface area (Å²) in [4.78, 5) is 0. The molecule has 0 radical (unpaired) electrons. The topological polar surface area (TPSA) is 30.5 Å². The van der Waals surface area contributed by atoms with Crippen molar-refractivity contribution >= 4 is 11.6 Å². The zero-order chi connectivity index (χ0) is 13.8. The highest BCUT2D eigenvalue weighted by Crippen LogP contribution is 2.11. The summed E-state index contributed by atoms with van der Waals surface area (Å²) in [6.07, 6.45) is 2.33. The highest BCUT2D eigenvalue weighted by molar-refractivity contribution is 6.30. The molecular weight excluding hydrogens is 262 g/mol. The molecule has 1 aromatic carbocycles. The molecule has 108 valence electrons. The van der Waals surface area contributed by atoms with Crippen LogP contribution in [-0.4, -0.2) is 32.9 Å². The number of halogens is 1. The van der Waals surface area contributed by atoms with Gasteiger partial charge in [0.1, 0.15) is 0 Å². The van der Waals surface area contributed by atoms with Gasteiger partial charge >= 0.3 is 0 Å².